The normalized spacial score (nSPS) is 15.5. The van der Waals surface area contributed by atoms with Crippen LogP contribution >= 0.6 is 0 Å². The van der Waals surface area contributed by atoms with Crippen LogP contribution in [-0.2, 0) is 14.3 Å². The fourth-order valence-electron chi connectivity index (χ4n) is 1.30. The number of nitrogens with zero attached hydrogens (tertiary/aromatic N) is 1. The van der Waals surface area contributed by atoms with Crippen molar-refractivity contribution in [2.75, 3.05) is 6.54 Å². The molecule has 8 heteroatoms. The van der Waals surface area contributed by atoms with Crippen molar-refractivity contribution in [2.45, 2.75) is 31.9 Å². The highest BCUT2D eigenvalue weighted by Gasteiger charge is 2.32. The number of carbonyl (C=O) groups excluding carboxylic acids is 1. The number of aliphatic imine (C=N–C) groups is 1. The van der Waals surface area contributed by atoms with Crippen molar-refractivity contribution in [3.63, 3.8) is 0 Å². The van der Waals surface area contributed by atoms with Crippen molar-refractivity contribution in [2.24, 2.45) is 22.2 Å². The molecule has 1 unspecified atom stereocenters. The van der Waals surface area contributed by atoms with Crippen LogP contribution in [0.3, 0.4) is 0 Å². The van der Waals surface area contributed by atoms with Gasteiger partial charge in [0.25, 0.3) is 0 Å². The van der Waals surface area contributed by atoms with Crippen LogP contribution < -0.4 is 17.2 Å². The Morgan fingerprint density at radius 3 is 2.35 bits per heavy atom. The summed E-state index contributed by atoms with van der Waals surface area (Å²) >= 11 is 0. The van der Waals surface area contributed by atoms with E-state index in [1.54, 1.807) is 0 Å². The average molecular weight is 246 g/mol. The summed E-state index contributed by atoms with van der Waals surface area (Å²) in [6.45, 7) is 2.68. The lowest BCUT2D eigenvalue weighted by molar-refractivity contribution is -0.157. The molecule has 0 aromatic heterocycles. The van der Waals surface area contributed by atoms with Crippen LogP contribution in [-0.4, -0.2) is 41.2 Å². The third kappa shape index (κ3) is 6.36. The van der Waals surface area contributed by atoms with Crippen molar-refractivity contribution >= 4 is 17.9 Å². The van der Waals surface area contributed by atoms with Crippen molar-refractivity contribution in [1.29, 1.82) is 0 Å². The number of aliphatic carboxylic acids is 1. The van der Waals surface area contributed by atoms with Crippen LogP contribution in [0.15, 0.2) is 4.99 Å². The molecule has 0 aliphatic carbocycles. The Kier molecular flexibility index (Phi) is 5.39. The average Bonchev–Trinajstić information content (AvgIpc) is 2.13. The third-order valence-corrected chi connectivity index (χ3v) is 1.96. The van der Waals surface area contributed by atoms with Crippen LogP contribution in [0, 0.1) is 0 Å². The number of rotatable bonds is 6. The van der Waals surface area contributed by atoms with Gasteiger partial charge in [-0.1, -0.05) is 0 Å². The largest absolute Gasteiger partial charge is 0.480 e. The molecule has 0 rings (SSSR count). The summed E-state index contributed by atoms with van der Waals surface area (Å²) in [7, 11) is 0. The number of nitrogens with two attached hydrogens (primary N) is 3. The van der Waals surface area contributed by atoms with E-state index in [1.165, 1.54) is 13.8 Å². The summed E-state index contributed by atoms with van der Waals surface area (Å²) in [4.78, 5) is 25.3. The number of esters is 1. The molecule has 0 amide bonds. The summed E-state index contributed by atoms with van der Waals surface area (Å²) in [5, 5.41) is 8.71. The van der Waals surface area contributed by atoms with Crippen molar-refractivity contribution in [3.05, 3.63) is 0 Å². The van der Waals surface area contributed by atoms with Crippen LogP contribution in [0.25, 0.3) is 0 Å². The fraction of sp³-hybridized carbons (Fsp3) is 0.667. The second kappa shape index (κ2) is 6.04. The van der Waals surface area contributed by atoms with E-state index in [2.05, 4.69) is 4.99 Å². The molecular weight excluding hydrogens is 228 g/mol. The van der Waals surface area contributed by atoms with Crippen molar-refractivity contribution in [3.8, 4) is 0 Å². The first-order chi connectivity index (χ1) is 7.66. The maximum absolute atomic E-state index is 10.9. The minimum absolute atomic E-state index is 0.0457. The fourth-order valence-corrected chi connectivity index (χ4v) is 1.30. The zero-order valence-corrected chi connectivity index (χ0v) is 9.84. The molecule has 7 N–H and O–H groups in total. The van der Waals surface area contributed by atoms with Crippen LogP contribution in [0.1, 0.15) is 20.3 Å². The molecule has 8 nitrogen and oxygen atoms in total. The monoisotopic (exact) mass is 246 g/mol. The second-order valence-corrected chi connectivity index (χ2v) is 3.93. The molecule has 0 saturated heterocycles. The number of hydrogen-bond acceptors (Lipinski definition) is 5. The van der Waals surface area contributed by atoms with Gasteiger partial charge >= 0.3 is 11.9 Å². The molecule has 2 atom stereocenters. The smallest absolute Gasteiger partial charge is 0.320 e. The van der Waals surface area contributed by atoms with Gasteiger partial charge in [-0.25, -0.2) is 4.99 Å². The van der Waals surface area contributed by atoms with E-state index in [1.807, 2.05) is 0 Å². The molecule has 0 bridgehead atoms. The lowest BCUT2D eigenvalue weighted by Crippen LogP contribution is -2.44. The summed E-state index contributed by atoms with van der Waals surface area (Å²) in [5.74, 6) is -1.92. The maximum atomic E-state index is 10.9. The Labute approximate surface area is 98.8 Å². The number of carboxylic acid groups (broad SMARTS) is 1. The first kappa shape index (κ1) is 15.2. The Hall–Kier alpha value is -1.83. The molecule has 0 heterocycles. The van der Waals surface area contributed by atoms with Gasteiger partial charge < -0.3 is 27.0 Å². The lowest BCUT2D eigenvalue weighted by Gasteiger charge is -2.28. The quantitative estimate of drug-likeness (QED) is 0.249. The predicted molar refractivity (Wildman–Crippen MR) is 61.1 cm³/mol. The molecule has 0 aliphatic rings. The Bertz CT molecular complexity index is 327. The van der Waals surface area contributed by atoms with Gasteiger partial charge in [-0.15, -0.1) is 0 Å². The van der Waals surface area contributed by atoms with Crippen molar-refractivity contribution < 1.29 is 19.4 Å². The minimum Gasteiger partial charge on any atom is -0.480 e. The van der Waals surface area contributed by atoms with Crippen molar-refractivity contribution in [1.82, 2.24) is 0 Å². The number of carbonyl (C=O) groups is 2. The van der Waals surface area contributed by atoms with Crippen LogP contribution in [0.4, 0.5) is 0 Å². The second-order valence-electron chi connectivity index (χ2n) is 3.93. The van der Waals surface area contributed by atoms with Gasteiger partial charge in [0.05, 0.1) is 6.54 Å². The zero-order chi connectivity index (χ0) is 13.6. The number of carboxylic acids is 1. The van der Waals surface area contributed by atoms with Gasteiger partial charge in [0.2, 0.25) is 0 Å². The molecule has 0 saturated carbocycles. The molecule has 0 aromatic rings. The summed E-state index contributed by atoms with van der Waals surface area (Å²) < 4.78 is 5.01. The van der Waals surface area contributed by atoms with E-state index in [0.29, 0.717) is 0 Å². The molecule has 0 fully saturated rings. The van der Waals surface area contributed by atoms with Gasteiger partial charge in [0, 0.05) is 13.3 Å². The topological polar surface area (TPSA) is 154 Å². The maximum Gasteiger partial charge on any atom is 0.320 e. The molecule has 17 heavy (non-hydrogen) atoms. The summed E-state index contributed by atoms with van der Waals surface area (Å²) in [5.41, 5.74) is 14.6. The summed E-state index contributed by atoms with van der Waals surface area (Å²) in [6, 6.07) is -1.16. The van der Waals surface area contributed by atoms with Crippen LogP contribution in [0.2, 0.25) is 0 Å². The van der Waals surface area contributed by atoms with Gasteiger partial charge in [-0.05, 0) is 6.92 Å². The highest BCUT2D eigenvalue weighted by Crippen LogP contribution is 2.18. The number of ether oxygens (including phenoxy) is 1. The molecule has 0 radical (unpaired) electrons. The highest BCUT2D eigenvalue weighted by atomic mass is 16.6. The van der Waals surface area contributed by atoms with E-state index in [4.69, 9.17) is 27.0 Å². The molecule has 98 valence electrons. The zero-order valence-electron chi connectivity index (χ0n) is 9.84. The minimum atomic E-state index is -1.19. The summed E-state index contributed by atoms with van der Waals surface area (Å²) in [6.07, 6.45) is -0.0846. The molecule has 0 spiro atoms. The van der Waals surface area contributed by atoms with E-state index in [9.17, 15) is 9.59 Å². The third-order valence-electron chi connectivity index (χ3n) is 1.96. The number of hydrogen-bond donors (Lipinski definition) is 4. The Morgan fingerprint density at radius 1 is 1.47 bits per heavy atom. The molecular formula is C9H18N4O4. The van der Waals surface area contributed by atoms with E-state index in [0.717, 1.165) is 0 Å². The van der Waals surface area contributed by atoms with Gasteiger partial charge in [0.15, 0.2) is 5.96 Å². The first-order valence-electron chi connectivity index (χ1n) is 4.89. The molecule has 0 aliphatic heterocycles. The van der Waals surface area contributed by atoms with E-state index in [-0.39, 0.29) is 18.9 Å². The Morgan fingerprint density at radius 2 is 2.00 bits per heavy atom. The molecule has 0 aromatic carbocycles. The predicted octanol–water partition coefficient (Wildman–Crippen LogP) is -1.62. The standard InChI is InChI=1S/C9H18N4O4/c1-5(14)17-9(2,4-13-8(11)12)3-6(10)7(15)16/h6H,3-4,10H2,1-2H3,(H,15,16)(H4,11,12,13)/t6-,9?/m0/s1. The van der Waals surface area contributed by atoms with Gasteiger partial charge in [-0.3, -0.25) is 9.59 Å². The Balaban J connectivity index is 4.77. The van der Waals surface area contributed by atoms with E-state index >= 15 is 0 Å². The first-order valence-corrected chi connectivity index (χ1v) is 4.89. The highest BCUT2D eigenvalue weighted by molar-refractivity contribution is 5.76. The van der Waals surface area contributed by atoms with Crippen LogP contribution in [0.5, 0.6) is 0 Å². The SMILES string of the molecule is CC(=O)OC(C)(CN=C(N)N)C[C@H](N)C(=O)O. The van der Waals surface area contributed by atoms with E-state index < -0.39 is 23.6 Å². The van der Waals surface area contributed by atoms with Gasteiger partial charge in [-0.2, -0.15) is 0 Å². The van der Waals surface area contributed by atoms with Gasteiger partial charge in [0.1, 0.15) is 11.6 Å². The lowest BCUT2D eigenvalue weighted by atomic mass is 9.97. The number of guanidine groups is 1.